The second-order valence-electron chi connectivity index (χ2n) is 15.8. The maximum Gasteiger partial charge on any atom is 0.156 e. The number of imidazole rings is 3. The SMILES string of the molecule is C.C.C.C.CC[C@@H]1CNCC1c1cnc2cnc3[nH]ccc3n12.CC[C@@H]1CNCC1c1cnc2cnc3[nH]ccc3n12.CC[C@@H]1CNCC1c1cnc2cnc3[nH]ccc3n12. The van der Waals surface area contributed by atoms with Crippen molar-refractivity contribution in [3.63, 3.8) is 0 Å². The number of hydrogen-bond donors (Lipinski definition) is 6. The van der Waals surface area contributed by atoms with E-state index in [1.54, 1.807) is 0 Å². The summed E-state index contributed by atoms with van der Waals surface area (Å²) in [5.41, 5.74) is 12.8. The van der Waals surface area contributed by atoms with Crippen LogP contribution in [0.4, 0.5) is 0 Å². The Morgan fingerprint density at radius 2 is 0.721 bits per heavy atom. The van der Waals surface area contributed by atoms with Gasteiger partial charge in [0.25, 0.3) is 0 Å². The Bertz CT molecular complexity index is 2480. The minimum atomic E-state index is 0. The number of nitrogens with one attached hydrogen (secondary N) is 6. The Hall–Kier alpha value is -5.64. The predicted octanol–water partition coefficient (Wildman–Crippen LogP) is 8.32. The van der Waals surface area contributed by atoms with Gasteiger partial charge in [0.05, 0.1) is 35.1 Å². The highest BCUT2D eigenvalue weighted by molar-refractivity contribution is 5.76. The fourth-order valence-corrected chi connectivity index (χ4v) is 9.79. The molecule has 0 radical (unpaired) electrons. The van der Waals surface area contributed by atoms with E-state index < -0.39 is 0 Å². The van der Waals surface area contributed by atoms with E-state index in [2.05, 4.69) is 113 Å². The van der Waals surface area contributed by atoms with Gasteiger partial charge in [-0.3, -0.25) is 13.2 Å². The molecule has 0 aliphatic carbocycles. The Kier molecular flexibility index (Phi) is 14.0. The molecule has 12 heterocycles. The molecular weight excluding hydrogens is 763 g/mol. The molecule has 0 spiro atoms. The molecule has 6 atom stereocenters. The van der Waals surface area contributed by atoms with E-state index in [9.17, 15) is 0 Å². The summed E-state index contributed by atoms with van der Waals surface area (Å²) in [5.74, 6) is 3.72. The molecule has 15 nitrogen and oxygen atoms in total. The van der Waals surface area contributed by atoms with Gasteiger partial charge < -0.3 is 30.9 Å². The van der Waals surface area contributed by atoms with Gasteiger partial charge in [-0.05, 0) is 55.6 Å². The molecule has 15 heteroatoms. The number of fused-ring (bicyclic) bond motifs is 9. The van der Waals surface area contributed by atoms with E-state index in [0.717, 1.165) is 89.7 Å². The molecule has 0 bridgehead atoms. The Morgan fingerprint density at radius 3 is 1.00 bits per heavy atom. The van der Waals surface area contributed by atoms with Crippen molar-refractivity contribution >= 4 is 50.4 Å². The molecule has 6 N–H and O–H groups in total. The lowest BCUT2D eigenvalue weighted by Gasteiger charge is -2.16. The lowest BCUT2D eigenvalue weighted by atomic mass is 9.91. The molecule has 12 rings (SSSR count). The maximum absolute atomic E-state index is 4.52. The summed E-state index contributed by atoms with van der Waals surface area (Å²) >= 11 is 0. The van der Waals surface area contributed by atoms with Crippen LogP contribution in [0, 0.1) is 17.8 Å². The summed E-state index contributed by atoms with van der Waals surface area (Å²) in [6.07, 6.45) is 21.0. The number of aromatic amines is 3. The van der Waals surface area contributed by atoms with E-state index in [1.165, 1.54) is 36.3 Å². The summed E-state index contributed by atoms with van der Waals surface area (Å²) in [5, 5.41) is 10.5. The highest BCUT2D eigenvalue weighted by Gasteiger charge is 2.32. The first-order chi connectivity index (χ1) is 28.1. The van der Waals surface area contributed by atoms with Gasteiger partial charge in [0.1, 0.15) is 0 Å². The monoisotopic (exact) mass is 830 g/mol. The van der Waals surface area contributed by atoms with Crippen molar-refractivity contribution in [1.82, 2.24) is 74.0 Å². The highest BCUT2D eigenvalue weighted by Crippen LogP contribution is 2.34. The van der Waals surface area contributed by atoms with Crippen molar-refractivity contribution in [3.8, 4) is 0 Å². The summed E-state index contributed by atoms with van der Waals surface area (Å²) in [4.78, 5) is 36.3. The molecular formula is C46H67N15. The van der Waals surface area contributed by atoms with Gasteiger partial charge in [-0.1, -0.05) is 69.7 Å². The molecule has 3 saturated heterocycles. The van der Waals surface area contributed by atoms with Crippen LogP contribution in [-0.2, 0) is 0 Å². The Labute approximate surface area is 359 Å². The van der Waals surface area contributed by atoms with Gasteiger partial charge in [-0.25, -0.2) is 29.9 Å². The largest absolute Gasteiger partial charge is 0.345 e. The second kappa shape index (κ2) is 19.0. The minimum absolute atomic E-state index is 0. The van der Waals surface area contributed by atoms with Crippen molar-refractivity contribution < 1.29 is 0 Å². The van der Waals surface area contributed by atoms with Gasteiger partial charge in [-0.15, -0.1) is 0 Å². The van der Waals surface area contributed by atoms with Gasteiger partial charge in [0, 0.05) is 91.7 Å². The summed E-state index contributed by atoms with van der Waals surface area (Å²) in [6, 6.07) is 6.22. The van der Waals surface area contributed by atoms with Crippen LogP contribution in [0.15, 0.2) is 74.0 Å². The first-order valence-corrected chi connectivity index (χ1v) is 20.7. The standard InChI is InChI=1S/3C14H17N5.4CH4/c3*1-2-9-5-15-6-10(9)12-7-17-13-8-18-14-11(19(12)13)3-4-16-14;;;;/h3*3-4,7-10,15-16H,2,5-6H2,1H3;4*1H4/t3*9-,10?;;;;/m111..../s1. The number of hydrogen-bond acceptors (Lipinski definition) is 9. The molecule has 61 heavy (non-hydrogen) atoms. The third-order valence-electron chi connectivity index (χ3n) is 12.9. The van der Waals surface area contributed by atoms with Crippen LogP contribution in [0.25, 0.3) is 50.4 Å². The fraction of sp³-hybridized carbons (Fsp3) is 0.478. The van der Waals surface area contributed by atoms with Crippen LogP contribution in [-0.4, -0.2) is 97.3 Å². The van der Waals surface area contributed by atoms with Crippen LogP contribution in [0.2, 0.25) is 0 Å². The molecule has 0 aromatic carbocycles. The molecule has 3 unspecified atom stereocenters. The van der Waals surface area contributed by atoms with E-state index in [0.29, 0.717) is 35.5 Å². The molecule has 9 aromatic heterocycles. The molecule has 3 aliphatic rings. The highest BCUT2D eigenvalue weighted by atomic mass is 15.1. The zero-order valence-electron chi connectivity index (χ0n) is 32.8. The molecule has 0 saturated carbocycles. The molecule has 0 amide bonds. The maximum atomic E-state index is 4.52. The third kappa shape index (κ3) is 7.78. The van der Waals surface area contributed by atoms with Gasteiger partial charge in [0.2, 0.25) is 0 Å². The fourth-order valence-electron chi connectivity index (χ4n) is 9.79. The third-order valence-corrected chi connectivity index (χ3v) is 12.9. The van der Waals surface area contributed by atoms with Crippen molar-refractivity contribution in [2.24, 2.45) is 17.8 Å². The van der Waals surface area contributed by atoms with E-state index in [-0.39, 0.29) is 29.7 Å². The quantitative estimate of drug-likeness (QED) is 0.0964. The summed E-state index contributed by atoms with van der Waals surface area (Å²) in [6.45, 7) is 13.2. The van der Waals surface area contributed by atoms with Crippen LogP contribution < -0.4 is 16.0 Å². The van der Waals surface area contributed by atoms with Crippen molar-refractivity contribution in [1.29, 1.82) is 0 Å². The average molecular weight is 830 g/mol. The van der Waals surface area contributed by atoms with E-state index >= 15 is 0 Å². The Morgan fingerprint density at radius 1 is 0.426 bits per heavy atom. The van der Waals surface area contributed by atoms with Gasteiger partial charge in [0.15, 0.2) is 33.9 Å². The van der Waals surface area contributed by atoms with Crippen molar-refractivity contribution in [2.75, 3.05) is 39.3 Å². The first kappa shape index (κ1) is 44.9. The van der Waals surface area contributed by atoms with Crippen molar-refractivity contribution in [3.05, 3.63) is 91.1 Å². The summed E-state index contributed by atoms with van der Waals surface area (Å²) in [7, 11) is 0. The van der Waals surface area contributed by atoms with Crippen LogP contribution in [0.3, 0.4) is 0 Å². The van der Waals surface area contributed by atoms with Gasteiger partial charge >= 0.3 is 0 Å². The smallest absolute Gasteiger partial charge is 0.156 e. The van der Waals surface area contributed by atoms with Crippen molar-refractivity contribution in [2.45, 2.75) is 87.5 Å². The number of H-pyrrole nitrogens is 3. The topological polar surface area (TPSA) is 174 Å². The Balaban J connectivity index is 0.000000148. The van der Waals surface area contributed by atoms with E-state index in [4.69, 9.17) is 0 Å². The van der Waals surface area contributed by atoms with Crippen LogP contribution in [0.1, 0.15) is 105 Å². The number of rotatable bonds is 6. The molecule has 3 aliphatic heterocycles. The predicted molar refractivity (Wildman–Crippen MR) is 250 cm³/mol. The number of nitrogens with zero attached hydrogens (tertiary/aromatic N) is 9. The zero-order valence-corrected chi connectivity index (χ0v) is 32.8. The lowest BCUT2D eigenvalue weighted by molar-refractivity contribution is 0.493. The molecule has 3 fully saturated rings. The molecule has 326 valence electrons. The zero-order chi connectivity index (χ0) is 38.5. The second-order valence-corrected chi connectivity index (χ2v) is 15.8. The average Bonchev–Trinajstić information content (AvgIpc) is 4.09. The van der Waals surface area contributed by atoms with Crippen LogP contribution >= 0.6 is 0 Å². The van der Waals surface area contributed by atoms with Gasteiger partial charge in [-0.2, -0.15) is 0 Å². The lowest BCUT2D eigenvalue weighted by Crippen LogP contribution is -2.12. The first-order valence-electron chi connectivity index (χ1n) is 20.7. The van der Waals surface area contributed by atoms with Crippen LogP contribution in [0.5, 0.6) is 0 Å². The normalized spacial score (nSPS) is 22.1. The van der Waals surface area contributed by atoms with E-state index in [1.807, 2.05) is 55.8 Å². The molecule has 9 aromatic rings. The number of aromatic nitrogens is 12. The summed E-state index contributed by atoms with van der Waals surface area (Å²) < 4.78 is 6.75. The minimum Gasteiger partial charge on any atom is -0.345 e.